The number of hydrogen-bond acceptors (Lipinski definition) is 4. The van der Waals surface area contributed by atoms with Gasteiger partial charge in [-0.2, -0.15) is 0 Å². The van der Waals surface area contributed by atoms with Crippen LogP contribution in [-0.4, -0.2) is 28.0 Å². The second-order valence-corrected chi connectivity index (χ2v) is 6.28. The molecule has 0 radical (unpaired) electrons. The van der Waals surface area contributed by atoms with Crippen LogP contribution in [-0.2, 0) is 13.1 Å². The Balaban J connectivity index is 1.34. The van der Waals surface area contributed by atoms with E-state index in [9.17, 15) is 4.79 Å². The number of benzene rings is 1. The fourth-order valence-electron chi connectivity index (χ4n) is 3.20. The summed E-state index contributed by atoms with van der Waals surface area (Å²) in [4.78, 5) is 23.7. The lowest BCUT2D eigenvalue weighted by Crippen LogP contribution is -2.19. The molecular formula is C18H21N5O. The van der Waals surface area contributed by atoms with Gasteiger partial charge in [-0.1, -0.05) is 12.1 Å². The molecule has 3 aromatic rings. The molecule has 0 amide bonds. The topological polar surface area (TPSA) is 76.8 Å². The molecular weight excluding hydrogens is 302 g/mol. The first kappa shape index (κ1) is 15.0. The summed E-state index contributed by atoms with van der Waals surface area (Å²) in [5.41, 5.74) is 3.83. The minimum absolute atomic E-state index is 0.167. The molecule has 124 valence electrons. The van der Waals surface area contributed by atoms with Crippen molar-refractivity contribution in [3.05, 3.63) is 58.1 Å². The Bertz CT molecular complexity index is 874. The summed E-state index contributed by atoms with van der Waals surface area (Å²) in [6.07, 6.45) is 4.48. The predicted molar refractivity (Wildman–Crippen MR) is 95.1 cm³/mol. The zero-order chi connectivity index (χ0) is 16.4. The summed E-state index contributed by atoms with van der Waals surface area (Å²) in [7, 11) is 0. The van der Waals surface area contributed by atoms with Gasteiger partial charge in [-0.25, -0.2) is 9.78 Å². The Kier molecular flexibility index (Phi) is 4.04. The van der Waals surface area contributed by atoms with Crippen molar-refractivity contribution >= 4 is 16.9 Å². The zero-order valence-corrected chi connectivity index (χ0v) is 13.5. The van der Waals surface area contributed by atoms with E-state index >= 15 is 0 Å². The van der Waals surface area contributed by atoms with Crippen LogP contribution in [0.5, 0.6) is 0 Å². The molecule has 2 aromatic heterocycles. The highest BCUT2D eigenvalue weighted by Crippen LogP contribution is 2.17. The quantitative estimate of drug-likeness (QED) is 0.672. The number of H-pyrrole nitrogens is 2. The van der Waals surface area contributed by atoms with Gasteiger partial charge in [0, 0.05) is 32.4 Å². The average Bonchev–Trinajstić information content (AvgIpc) is 3.24. The van der Waals surface area contributed by atoms with Gasteiger partial charge < -0.3 is 20.2 Å². The van der Waals surface area contributed by atoms with E-state index in [2.05, 4.69) is 37.3 Å². The van der Waals surface area contributed by atoms with E-state index in [4.69, 9.17) is 0 Å². The number of pyridine rings is 1. The fraction of sp³-hybridized carbons (Fsp3) is 0.333. The summed E-state index contributed by atoms with van der Waals surface area (Å²) in [6.45, 7) is 3.76. The Morgan fingerprint density at radius 1 is 1.00 bits per heavy atom. The first-order chi connectivity index (χ1) is 11.8. The van der Waals surface area contributed by atoms with Crippen molar-refractivity contribution in [2.75, 3.05) is 18.0 Å². The number of nitrogens with one attached hydrogen (secondary N) is 3. The molecule has 24 heavy (non-hydrogen) atoms. The molecule has 1 aliphatic rings. The molecule has 0 saturated carbocycles. The lowest BCUT2D eigenvalue weighted by molar-refractivity contribution is 0.691. The van der Waals surface area contributed by atoms with Crippen LogP contribution in [0.25, 0.3) is 11.0 Å². The summed E-state index contributed by atoms with van der Waals surface area (Å²) in [5.74, 6) is 1.08. The van der Waals surface area contributed by atoms with E-state index in [0.717, 1.165) is 48.6 Å². The molecule has 0 spiro atoms. The number of rotatable bonds is 5. The van der Waals surface area contributed by atoms with Gasteiger partial charge >= 0.3 is 5.69 Å². The van der Waals surface area contributed by atoms with Crippen molar-refractivity contribution in [3.63, 3.8) is 0 Å². The molecule has 0 aliphatic carbocycles. The number of aromatic amines is 2. The molecule has 3 heterocycles. The number of hydrogen-bond donors (Lipinski definition) is 3. The van der Waals surface area contributed by atoms with Crippen LogP contribution in [0.2, 0.25) is 0 Å². The minimum atomic E-state index is -0.167. The van der Waals surface area contributed by atoms with Crippen LogP contribution in [0, 0.1) is 0 Å². The van der Waals surface area contributed by atoms with Gasteiger partial charge in [0.1, 0.15) is 5.82 Å². The van der Waals surface area contributed by atoms with E-state index in [1.54, 1.807) is 0 Å². The van der Waals surface area contributed by atoms with Crippen LogP contribution in [0.3, 0.4) is 0 Å². The van der Waals surface area contributed by atoms with E-state index in [-0.39, 0.29) is 5.69 Å². The zero-order valence-electron chi connectivity index (χ0n) is 13.5. The van der Waals surface area contributed by atoms with Gasteiger partial charge in [-0.15, -0.1) is 0 Å². The Morgan fingerprint density at radius 2 is 1.75 bits per heavy atom. The molecule has 0 bridgehead atoms. The Morgan fingerprint density at radius 3 is 2.54 bits per heavy atom. The number of aromatic nitrogens is 3. The van der Waals surface area contributed by atoms with Gasteiger partial charge in [0.25, 0.3) is 0 Å². The third-order valence-corrected chi connectivity index (χ3v) is 4.48. The number of anilines is 1. The van der Waals surface area contributed by atoms with Crippen LogP contribution in [0.1, 0.15) is 24.0 Å². The standard InChI is InChI=1S/C18H21N5O/c24-18-21-15-5-3-13(9-16(15)22-18)10-19-11-14-4-6-17(20-12-14)23-7-1-2-8-23/h3-6,9,12,19H,1-2,7-8,10-11H2,(H2,21,22,24). The second kappa shape index (κ2) is 6.49. The van der Waals surface area contributed by atoms with Gasteiger partial charge in [0.2, 0.25) is 0 Å². The van der Waals surface area contributed by atoms with Crippen LogP contribution in [0.4, 0.5) is 5.82 Å². The Labute approximate surface area is 139 Å². The maximum atomic E-state index is 11.3. The highest BCUT2D eigenvalue weighted by atomic mass is 16.1. The second-order valence-electron chi connectivity index (χ2n) is 6.28. The van der Waals surface area contributed by atoms with Crippen molar-refractivity contribution in [2.24, 2.45) is 0 Å². The summed E-state index contributed by atoms with van der Waals surface area (Å²) < 4.78 is 0. The largest absolute Gasteiger partial charge is 0.357 e. The molecule has 0 atom stereocenters. The molecule has 1 saturated heterocycles. The normalized spacial score (nSPS) is 14.6. The predicted octanol–water partition coefficient (Wildman–Crippen LogP) is 2.14. The summed E-state index contributed by atoms with van der Waals surface area (Å²) in [5, 5.41) is 3.42. The minimum Gasteiger partial charge on any atom is -0.357 e. The van der Waals surface area contributed by atoms with Crippen molar-refractivity contribution in [2.45, 2.75) is 25.9 Å². The van der Waals surface area contributed by atoms with E-state index < -0.39 is 0 Å². The lowest BCUT2D eigenvalue weighted by atomic mass is 10.2. The molecule has 1 fully saturated rings. The van der Waals surface area contributed by atoms with E-state index in [1.165, 1.54) is 18.4 Å². The first-order valence-electron chi connectivity index (χ1n) is 8.39. The maximum Gasteiger partial charge on any atom is 0.323 e. The van der Waals surface area contributed by atoms with Gasteiger partial charge in [-0.3, -0.25) is 0 Å². The Hall–Kier alpha value is -2.60. The molecule has 6 heteroatoms. The number of imidazole rings is 1. The SMILES string of the molecule is O=c1[nH]c2ccc(CNCc3ccc(N4CCCC4)nc3)cc2[nH]1. The molecule has 4 rings (SSSR count). The number of fused-ring (bicyclic) bond motifs is 1. The van der Waals surface area contributed by atoms with Crippen molar-refractivity contribution in [3.8, 4) is 0 Å². The lowest BCUT2D eigenvalue weighted by Gasteiger charge is -2.16. The summed E-state index contributed by atoms with van der Waals surface area (Å²) >= 11 is 0. The highest BCUT2D eigenvalue weighted by molar-refractivity contribution is 5.74. The maximum absolute atomic E-state index is 11.3. The number of nitrogens with zero attached hydrogens (tertiary/aromatic N) is 2. The third-order valence-electron chi connectivity index (χ3n) is 4.48. The van der Waals surface area contributed by atoms with E-state index in [0.29, 0.717) is 0 Å². The van der Waals surface area contributed by atoms with Crippen molar-refractivity contribution in [1.29, 1.82) is 0 Å². The van der Waals surface area contributed by atoms with Crippen LogP contribution < -0.4 is 15.9 Å². The summed E-state index contributed by atoms with van der Waals surface area (Å²) in [6, 6.07) is 10.2. The monoisotopic (exact) mass is 323 g/mol. The third kappa shape index (κ3) is 3.19. The highest BCUT2D eigenvalue weighted by Gasteiger charge is 2.12. The van der Waals surface area contributed by atoms with Crippen LogP contribution in [0.15, 0.2) is 41.3 Å². The molecule has 1 aromatic carbocycles. The van der Waals surface area contributed by atoms with Crippen LogP contribution >= 0.6 is 0 Å². The van der Waals surface area contributed by atoms with Crippen molar-refractivity contribution < 1.29 is 0 Å². The van der Waals surface area contributed by atoms with Gasteiger partial charge in [0.05, 0.1) is 11.0 Å². The fourth-order valence-corrected chi connectivity index (χ4v) is 3.20. The van der Waals surface area contributed by atoms with Gasteiger partial charge in [-0.05, 0) is 42.2 Å². The average molecular weight is 323 g/mol. The molecule has 0 unspecified atom stereocenters. The first-order valence-corrected chi connectivity index (χ1v) is 8.39. The van der Waals surface area contributed by atoms with Gasteiger partial charge in [0.15, 0.2) is 0 Å². The molecule has 1 aliphatic heterocycles. The molecule has 6 nitrogen and oxygen atoms in total. The van der Waals surface area contributed by atoms with Crippen molar-refractivity contribution in [1.82, 2.24) is 20.3 Å². The molecule has 3 N–H and O–H groups in total. The smallest absolute Gasteiger partial charge is 0.323 e. The van der Waals surface area contributed by atoms with E-state index in [1.807, 2.05) is 24.4 Å².